The Labute approximate surface area is 182 Å². The van der Waals surface area contributed by atoms with E-state index in [0.717, 1.165) is 0 Å². The normalized spacial score (nSPS) is 11.8. The molecule has 156 valence electrons. The molecule has 4 aromatic rings. The van der Waals surface area contributed by atoms with Gasteiger partial charge in [0.25, 0.3) is 0 Å². The number of phenolic OH excluding ortho intramolecular Hbond substituents is 1. The van der Waals surface area contributed by atoms with E-state index in [0.29, 0.717) is 32.7 Å². The molecular formula is C23H18ClFN4O2. The number of aromatic hydroxyl groups is 1. The van der Waals surface area contributed by atoms with Crippen LogP contribution in [-0.2, 0) is 4.79 Å². The minimum atomic E-state index is -0.845. The van der Waals surface area contributed by atoms with Crippen LogP contribution >= 0.6 is 11.6 Å². The maximum atomic E-state index is 13.9. The number of rotatable bonds is 6. The SMILES string of the molecule is O=C(CNc1cccnc1)NC(c1cccc(F)c1)c1cc(Cl)c2cccnc2c1O. The van der Waals surface area contributed by atoms with Gasteiger partial charge in [-0.05, 0) is 48.0 Å². The minimum Gasteiger partial charge on any atom is -0.505 e. The summed E-state index contributed by atoms with van der Waals surface area (Å²) < 4.78 is 13.9. The summed E-state index contributed by atoms with van der Waals surface area (Å²) in [4.78, 5) is 20.9. The van der Waals surface area contributed by atoms with E-state index >= 15 is 0 Å². The summed E-state index contributed by atoms with van der Waals surface area (Å²) in [6, 6.07) is 13.5. The summed E-state index contributed by atoms with van der Waals surface area (Å²) in [5.74, 6) is -0.959. The number of hydrogen-bond acceptors (Lipinski definition) is 5. The van der Waals surface area contributed by atoms with Gasteiger partial charge in [-0.3, -0.25) is 14.8 Å². The molecule has 0 aliphatic rings. The topological polar surface area (TPSA) is 87.1 Å². The molecule has 2 aromatic carbocycles. The molecule has 0 saturated heterocycles. The third-order valence-electron chi connectivity index (χ3n) is 4.76. The van der Waals surface area contributed by atoms with E-state index in [4.69, 9.17) is 11.6 Å². The summed E-state index contributed by atoms with van der Waals surface area (Å²) in [7, 11) is 0. The second-order valence-electron chi connectivity index (χ2n) is 6.85. The zero-order valence-corrected chi connectivity index (χ0v) is 17.0. The number of hydrogen-bond donors (Lipinski definition) is 3. The summed E-state index contributed by atoms with van der Waals surface area (Å²) in [5, 5.41) is 17.7. The van der Waals surface area contributed by atoms with Crippen LogP contribution in [0.1, 0.15) is 17.2 Å². The smallest absolute Gasteiger partial charge is 0.240 e. The van der Waals surface area contributed by atoms with Crippen molar-refractivity contribution in [2.24, 2.45) is 0 Å². The molecule has 31 heavy (non-hydrogen) atoms. The highest BCUT2D eigenvalue weighted by Crippen LogP contribution is 2.38. The molecule has 3 N–H and O–H groups in total. The molecule has 6 nitrogen and oxygen atoms in total. The van der Waals surface area contributed by atoms with Crippen molar-refractivity contribution in [2.75, 3.05) is 11.9 Å². The number of pyridine rings is 2. The average Bonchev–Trinajstić information content (AvgIpc) is 2.79. The molecule has 2 heterocycles. The number of nitrogens with zero attached hydrogens (tertiary/aromatic N) is 2. The highest BCUT2D eigenvalue weighted by Gasteiger charge is 2.23. The van der Waals surface area contributed by atoms with Gasteiger partial charge >= 0.3 is 0 Å². The van der Waals surface area contributed by atoms with Crippen LogP contribution in [0.3, 0.4) is 0 Å². The number of phenols is 1. The number of carbonyl (C=O) groups is 1. The molecule has 0 fully saturated rings. The largest absolute Gasteiger partial charge is 0.505 e. The van der Waals surface area contributed by atoms with Crippen molar-refractivity contribution in [1.29, 1.82) is 0 Å². The van der Waals surface area contributed by atoms with Crippen LogP contribution < -0.4 is 10.6 Å². The third kappa shape index (κ3) is 4.57. The van der Waals surface area contributed by atoms with Gasteiger partial charge in [0.2, 0.25) is 5.91 Å². The first kappa shape index (κ1) is 20.6. The van der Waals surface area contributed by atoms with Crippen molar-refractivity contribution in [2.45, 2.75) is 6.04 Å². The lowest BCUT2D eigenvalue weighted by atomic mass is 9.96. The molecule has 4 rings (SSSR count). The number of fused-ring (bicyclic) bond motifs is 1. The van der Waals surface area contributed by atoms with Crippen LogP contribution in [0, 0.1) is 5.82 Å². The molecule has 2 aromatic heterocycles. The lowest BCUT2D eigenvalue weighted by Crippen LogP contribution is -2.34. The quantitative estimate of drug-likeness (QED) is 0.416. The van der Waals surface area contributed by atoms with E-state index < -0.39 is 11.9 Å². The zero-order chi connectivity index (χ0) is 21.8. The zero-order valence-electron chi connectivity index (χ0n) is 16.2. The first-order valence-electron chi connectivity index (χ1n) is 9.48. The van der Waals surface area contributed by atoms with Crippen molar-refractivity contribution < 1.29 is 14.3 Å². The minimum absolute atomic E-state index is 0.0438. The number of nitrogens with one attached hydrogen (secondary N) is 2. The van der Waals surface area contributed by atoms with Crippen LogP contribution in [0.25, 0.3) is 10.9 Å². The van der Waals surface area contributed by atoms with E-state index in [2.05, 4.69) is 20.6 Å². The van der Waals surface area contributed by atoms with Gasteiger partial charge in [0.05, 0.1) is 23.3 Å². The van der Waals surface area contributed by atoms with Gasteiger partial charge in [-0.15, -0.1) is 0 Å². The van der Waals surface area contributed by atoms with Gasteiger partial charge in [0.1, 0.15) is 17.1 Å². The Kier molecular flexibility index (Phi) is 5.95. The first-order chi connectivity index (χ1) is 15.0. The molecular weight excluding hydrogens is 419 g/mol. The second kappa shape index (κ2) is 8.97. The fourth-order valence-electron chi connectivity index (χ4n) is 3.31. The fraction of sp³-hybridized carbons (Fsp3) is 0.0870. The molecule has 1 unspecified atom stereocenters. The Hall–Kier alpha value is -3.71. The van der Waals surface area contributed by atoms with E-state index in [1.807, 2.05) is 0 Å². The van der Waals surface area contributed by atoms with Crippen molar-refractivity contribution in [3.05, 3.63) is 95.2 Å². The molecule has 0 bridgehead atoms. The van der Waals surface area contributed by atoms with Gasteiger partial charge in [-0.1, -0.05) is 23.7 Å². The number of carbonyl (C=O) groups excluding carboxylic acids is 1. The maximum Gasteiger partial charge on any atom is 0.240 e. The molecule has 0 radical (unpaired) electrons. The lowest BCUT2D eigenvalue weighted by Gasteiger charge is -2.22. The van der Waals surface area contributed by atoms with E-state index in [-0.39, 0.29) is 18.2 Å². The van der Waals surface area contributed by atoms with Gasteiger partial charge in [0, 0.05) is 29.5 Å². The Morgan fingerprint density at radius 2 is 1.97 bits per heavy atom. The highest BCUT2D eigenvalue weighted by molar-refractivity contribution is 6.35. The van der Waals surface area contributed by atoms with E-state index in [1.165, 1.54) is 24.4 Å². The standard InChI is InChI=1S/C23H18ClFN4O2/c24-19-11-18(23(31)22-17(19)7-3-9-27-22)21(14-4-1-5-15(25)10-14)29-20(30)13-28-16-6-2-8-26-12-16/h1-12,21,28,31H,13H2,(H,29,30). The number of amides is 1. The molecule has 0 spiro atoms. The molecule has 0 aliphatic heterocycles. The Morgan fingerprint density at radius 1 is 1.13 bits per heavy atom. The molecule has 0 saturated carbocycles. The first-order valence-corrected chi connectivity index (χ1v) is 9.85. The number of anilines is 1. The Bertz CT molecular complexity index is 1240. The van der Waals surface area contributed by atoms with Gasteiger partial charge < -0.3 is 15.7 Å². The monoisotopic (exact) mass is 436 g/mol. The molecule has 1 amide bonds. The summed E-state index contributed by atoms with van der Waals surface area (Å²) in [6.45, 7) is -0.0438. The molecule has 0 aliphatic carbocycles. The van der Waals surface area contributed by atoms with Crippen LogP contribution in [0.4, 0.5) is 10.1 Å². The summed E-state index contributed by atoms with van der Waals surface area (Å²) in [5.41, 5.74) is 1.75. The van der Waals surface area contributed by atoms with Crippen molar-refractivity contribution >= 4 is 34.1 Å². The maximum absolute atomic E-state index is 13.9. The molecule has 8 heteroatoms. The molecule has 1 atom stereocenters. The number of benzene rings is 2. The van der Waals surface area contributed by atoms with Gasteiger partial charge in [-0.25, -0.2) is 4.39 Å². The Morgan fingerprint density at radius 3 is 2.74 bits per heavy atom. The van der Waals surface area contributed by atoms with Crippen LogP contribution in [0.2, 0.25) is 5.02 Å². The van der Waals surface area contributed by atoms with Crippen LogP contribution in [0.5, 0.6) is 5.75 Å². The highest BCUT2D eigenvalue weighted by atomic mass is 35.5. The predicted octanol–water partition coefficient (Wildman–Crippen LogP) is 4.45. The van der Waals surface area contributed by atoms with Gasteiger partial charge in [0.15, 0.2) is 0 Å². The number of halogens is 2. The number of aromatic nitrogens is 2. The lowest BCUT2D eigenvalue weighted by molar-refractivity contribution is -0.119. The van der Waals surface area contributed by atoms with Crippen molar-refractivity contribution in [1.82, 2.24) is 15.3 Å². The summed E-state index contributed by atoms with van der Waals surface area (Å²) >= 11 is 6.42. The van der Waals surface area contributed by atoms with Crippen molar-refractivity contribution in [3.63, 3.8) is 0 Å². The predicted molar refractivity (Wildman–Crippen MR) is 118 cm³/mol. The fourth-order valence-corrected chi connectivity index (χ4v) is 3.58. The Balaban J connectivity index is 1.69. The average molecular weight is 437 g/mol. The van der Waals surface area contributed by atoms with Crippen LogP contribution in [-0.4, -0.2) is 27.5 Å². The van der Waals surface area contributed by atoms with E-state index in [9.17, 15) is 14.3 Å². The van der Waals surface area contributed by atoms with Crippen molar-refractivity contribution in [3.8, 4) is 5.75 Å². The summed E-state index contributed by atoms with van der Waals surface area (Å²) in [6.07, 6.45) is 4.76. The third-order valence-corrected chi connectivity index (χ3v) is 5.07. The van der Waals surface area contributed by atoms with E-state index in [1.54, 1.807) is 48.8 Å². The second-order valence-corrected chi connectivity index (χ2v) is 7.25. The van der Waals surface area contributed by atoms with Crippen LogP contribution in [0.15, 0.2) is 73.2 Å². The van der Waals surface area contributed by atoms with Gasteiger partial charge in [-0.2, -0.15) is 0 Å².